The van der Waals surface area contributed by atoms with Crippen LogP contribution < -0.4 is 16.0 Å². The van der Waals surface area contributed by atoms with E-state index in [1.165, 1.54) is 6.26 Å². The van der Waals surface area contributed by atoms with E-state index < -0.39 is 9.84 Å². The molecule has 2 rings (SSSR count). The lowest BCUT2D eigenvalue weighted by Crippen LogP contribution is -2.30. The summed E-state index contributed by atoms with van der Waals surface area (Å²) in [7, 11) is 0.120. The number of ether oxygens (including phenoxy) is 1. The summed E-state index contributed by atoms with van der Waals surface area (Å²) in [6.07, 6.45) is 2.77. The van der Waals surface area contributed by atoms with Gasteiger partial charge >= 0.3 is 0 Å². The Bertz CT molecular complexity index is 722. The summed E-state index contributed by atoms with van der Waals surface area (Å²) in [4.78, 5) is 0.263. The maximum atomic E-state index is 11.5. The lowest BCUT2D eigenvalue weighted by Gasteiger charge is -2.18. The topological polar surface area (TPSA) is 99.2 Å². The number of sulfone groups is 1. The van der Waals surface area contributed by atoms with Crippen molar-refractivity contribution in [2.24, 2.45) is 12.9 Å². The molecule has 1 unspecified atom stereocenters. The molecule has 2 aromatic rings. The summed E-state index contributed by atoms with van der Waals surface area (Å²) in [5.74, 6) is 6.25. The van der Waals surface area contributed by atoms with Gasteiger partial charge in [0.25, 0.3) is 0 Å². The Morgan fingerprint density at radius 1 is 1.33 bits per heavy atom. The van der Waals surface area contributed by atoms with E-state index in [-0.39, 0.29) is 10.9 Å². The molecule has 1 aromatic heterocycles. The first-order valence-electron chi connectivity index (χ1n) is 6.20. The first kappa shape index (κ1) is 15.5. The molecule has 8 heteroatoms. The number of aromatic nitrogens is 2. The molecule has 0 saturated heterocycles. The van der Waals surface area contributed by atoms with Crippen LogP contribution in [0.4, 0.5) is 0 Å². The van der Waals surface area contributed by atoms with Gasteiger partial charge in [0.15, 0.2) is 15.6 Å². The number of rotatable bonds is 5. The van der Waals surface area contributed by atoms with E-state index in [0.717, 1.165) is 11.3 Å². The van der Waals surface area contributed by atoms with Crippen LogP contribution in [-0.4, -0.2) is 31.6 Å². The average molecular weight is 310 g/mol. The first-order valence-corrected chi connectivity index (χ1v) is 8.09. The molecule has 0 aliphatic heterocycles. The van der Waals surface area contributed by atoms with Crippen LogP contribution in [0.15, 0.2) is 35.4 Å². The Balaban J connectivity index is 2.45. The Morgan fingerprint density at radius 2 is 1.95 bits per heavy atom. The van der Waals surface area contributed by atoms with E-state index in [1.54, 1.807) is 49.3 Å². The van der Waals surface area contributed by atoms with Gasteiger partial charge < -0.3 is 4.74 Å². The second-order valence-electron chi connectivity index (χ2n) is 4.66. The third-order valence-electron chi connectivity index (χ3n) is 3.25. The van der Waals surface area contributed by atoms with Crippen molar-refractivity contribution in [2.75, 3.05) is 13.4 Å². The molecule has 7 nitrogen and oxygen atoms in total. The molecule has 114 valence electrons. The van der Waals surface area contributed by atoms with Crippen LogP contribution >= 0.6 is 0 Å². The normalized spacial score (nSPS) is 13.1. The SMILES string of the molecule is COc1cnn(C)c1C(NN)c1ccc(S(C)(=O)=O)cc1. The van der Waals surface area contributed by atoms with Crippen LogP contribution in [0.3, 0.4) is 0 Å². The quantitative estimate of drug-likeness (QED) is 0.612. The van der Waals surface area contributed by atoms with Crippen molar-refractivity contribution in [3.63, 3.8) is 0 Å². The van der Waals surface area contributed by atoms with E-state index >= 15 is 0 Å². The van der Waals surface area contributed by atoms with Crippen molar-refractivity contribution in [1.82, 2.24) is 15.2 Å². The highest BCUT2D eigenvalue weighted by atomic mass is 32.2. The standard InChI is InChI=1S/C13H18N4O3S/c1-17-13(11(20-2)8-15-17)12(16-14)9-4-6-10(7-5-9)21(3,18)19/h4-8,12,16H,14H2,1-3H3. The molecule has 0 bridgehead atoms. The van der Waals surface area contributed by atoms with Crippen molar-refractivity contribution in [2.45, 2.75) is 10.9 Å². The lowest BCUT2D eigenvalue weighted by atomic mass is 10.0. The van der Waals surface area contributed by atoms with Crippen LogP contribution in [0.5, 0.6) is 5.75 Å². The summed E-state index contributed by atoms with van der Waals surface area (Å²) in [5.41, 5.74) is 4.27. The summed E-state index contributed by atoms with van der Waals surface area (Å²) in [6.45, 7) is 0. The van der Waals surface area contributed by atoms with Crippen LogP contribution in [0.2, 0.25) is 0 Å². The summed E-state index contributed by atoms with van der Waals surface area (Å²) >= 11 is 0. The Hall–Kier alpha value is -1.90. The fraction of sp³-hybridized carbons (Fsp3) is 0.308. The van der Waals surface area contributed by atoms with Crippen molar-refractivity contribution in [1.29, 1.82) is 0 Å². The predicted molar refractivity (Wildman–Crippen MR) is 78.5 cm³/mol. The van der Waals surface area contributed by atoms with Crippen molar-refractivity contribution in [3.05, 3.63) is 41.7 Å². The monoisotopic (exact) mass is 310 g/mol. The number of aryl methyl sites for hydroxylation is 1. The number of nitrogens with one attached hydrogen (secondary N) is 1. The van der Waals surface area contributed by atoms with Gasteiger partial charge in [-0.25, -0.2) is 13.8 Å². The van der Waals surface area contributed by atoms with Gasteiger partial charge in [0.2, 0.25) is 0 Å². The minimum atomic E-state index is -3.22. The molecular weight excluding hydrogens is 292 g/mol. The van der Waals surface area contributed by atoms with E-state index in [1.807, 2.05) is 0 Å². The van der Waals surface area contributed by atoms with Crippen LogP contribution in [0.1, 0.15) is 17.3 Å². The molecule has 0 saturated carbocycles. The molecule has 0 spiro atoms. The van der Waals surface area contributed by atoms with E-state index in [9.17, 15) is 8.42 Å². The number of nitrogens with zero attached hydrogens (tertiary/aromatic N) is 2. The van der Waals surface area contributed by atoms with Gasteiger partial charge in [-0.15, -0.1) is 0 Å². The van der Waals surface area contributed by atoms with Crippen molar-refractivity contribution in [3.8, 4) is 5.75 Å². The molecule has 3 N–H and O–H groups in total. The van der Waals surface area contributed by atoms with Gasteiger partial charge in [-0.1, -0.05) is 12.1 Å². The summed E-state index contributed by atoms with van der Waals surface area (Å²) in [5, 5.41) is 4.14. The molecule has 1 aromatic carbocycles. The second-order valence-corrected chi connectivity index (χ2v) is 6.68. The molecule has 1 heterocycles. The maximum absolute atomic E-state index is 11.5. The van der Waals surface area contributed by atoms with Crippen LogP contribution in [0, 0.1) is 0 Å². The zero-order chi connectivity index (χ0) is 15.6. The van der Waals surface area contributed by atoms with Gasteiger partial charge in [-0.2, -0.15) is 5.10 Å². The Kier molecular flexibility index (Phi) is 4.31. The number of nitrogens with two attached hydrogens (primary N) is 1. The van der Waals surface area contributed by atoms with E-state index in [4.69, 9.17) is 10.6 Å². The van der Waals surface area contributed by atoms with Crippen LogP contribution in [-0.2, 0) is 16.9 Å². The Morgan fingerprint density at radius 3 is 2.43 bits per heavy atom. The minimum Gasteiger partial charge on any atom is -0.493 e. The average Bonchev–Trinajstić information content (AvgIpc) is 2.81. The molecule has 0 aliphatic carbocycles. The van der Waals surface area contributed by atoms with Gasteiger partial charge in [0.05, 0.1) is 24.2 Å². The van der Waals surface area contributed by atoms with Crippen LogP contribution in [0.25, 0.3) is 0 Å². The fourth-order valence-electron chi connectivity index (χ4n) is 2.15. The number of hydrogen-bond acceptors (Lipinski definition) is 6. The van der Waals surface area contributed by atoms with Crippen molar-refractivity contribution >= 4 is 9.84 Å². The largest absolute Gasteiger partial charge is 0.493 e. The molecule has 1 atom stereocenters. The van der Waals surface area contributed by atoms with E-state index in [2.05, 4.69) is 10.5 Å². The third-order valence-corrected chi connectivity index (χ3v) is 4.38. The zero-order valence-electron chi connectivity index (χ0n) is 12.1. The molecule has 0 radical (unpaired) electrons. The lowest BCUT2D eigenvalue weighted by molar-refractivity contribution is 0.401. The zero-order valence-corrected chi connectivity index (χ0v) is 12.9. The minimum absolute atomic E-state index is 0.263. The Labute approximate surface area is 123 Å². The number of methoxy groups -OCH3 is 1. The van der Waals surface area contributed by atoms with Gasteiger partial charge in [0.1, 0.15) is 5.69 Å². The molecule has 21 heavy (non-hydrogen) atoms. The molecular formula is C13H18N4O3S. The molecule has 0 fully saturated rings. The molecule has 0 aliphatic rings. The molecule has 0 amide bonds. The number of hydrogen-bond donors (Lipinski definition) is 2. The van der Waals surface area contributed by atoms with E-state index in [0.29, 0.717) is 5.75 Å². The van der Waals surface area contributed by atoms with Gasteiger partial charge in [-0.05, 0) is 17.7 Å². The van der Waals surface area contributed by atoms with Gasteiger partial charge in [0, 0.05) is 13.3 Å². The summed E-state index contributed by atoms with van der Waals surface area (Å²) < 4.78 is 29.9. The smallest absolute Gasteiger partial charge is 0.175 e. The fourth-order valence-corrected chi connectivity index (χ4v) is 2.78. The number of benzene rings is 1. The summed E-state index contributed by atoms with van der Waals surface area (Å²) in [6, 6.07) is 6.18. The number of hydrazine groups is 1. The first-order chi connectivity index (χ1) is 9.88. The maximum Gasteiger partial charge on any atom is 0.175 e. The highest BCUT2D eigenvalue weighted by Crippen LogP contribution is 2.29. The predicted octanol–water partition coefficient (Wildman–Crippen LogP) is 0.385. The van der Waals surface area contributed by atoms with Gasteiger partial charge in [-0.3, -0.25) is 10.5 Å². The third kappa shape index (κ3) is 3.07. The highest BCUT2D eigenvalue weighted by molar-refractivity contribution is 7.90. The second kappa shape index (κ2) is 5.84. The highest BCUT2D eigenvalue weighted by Gasteiger charge is 2.21. The van der Waals surface area contributed by atoms with Crippen molar-refractivity contribution < 1.29 is 13.2 Å².